The second-order valence-corrected chi connectivity index (χ2v) is 7.70. The molecule has 1 fully saturated rings. The molecule has 1 atom stereocenters. The van der Waals surface area contributed by atoms with Gasteiger partial charge in [-0.2, -0.15) is 13.2 Å². The van der Waals surface area contributed by atoms with E-state index in [-0.39, 0.29) is 18.5 Å². The van der Waals surface area contributed by atoms with Crippen LogP contribution in [-0.2, 0) is 17.5 Å². The highest BCUT2D eigenvalue weighted by Crippen LogP contribution is 2.29. The summed E-state index contributed by atoms with van der Waals surface area (Å²) in [4.78, 5) is 23.7. The monoisotopic (exact) mass is 420 g/mol. The van der Waals surface area contributed by atoms with Crippen LogP contribution in [0.25, 0.3) is 0 Å². The van der Waals surface area contributed by atoms with Crippen molar-refractivity contribution in [1.29, 1.82) is 0 Å². The molecule has 1 unspecified atom stereocenters. The first-order valence-electron chi connectivity index (χ1n) is 9.13. The number of aliphatic imine (C=N–C) groups is 1. The number of halogens is 3. The van der Waals surface area contributed by atoms with E-state index >= 15 is 0 Å². The summed E-state index contributed by atoms with van der Waals surface area (Å²) in [5, 5.41) is 7.46. The van der Waals surface area contributed by atoms with Gasteiger partial charge >= 0.3 is 6.18 Å². The lowest BCUT2D eigenvalue weighted by atomic mass is 10.2. The van der Waals surface area contributed by atoms with Crippen LogP contribution < -0.4 is 10.6 Å². The zero-order valence-corrected chi connectivity index (χ0v) is 17.2. The molecule has 0 radical (unpaired) electrons. The molecule has 0 aliphatic carbocycles. The van der Waals surface area contributed by atoms with Crippen molar-refractivity contribution in [2.75, 3.05) is 40.8 Å². The maximum absolute atomic E-state index is 12.6. The molecule has 1 aromatic rings. The second-order valence-electron chi connectivity index (χ2n) is 6.76. The number of aromatic nitrogens is 1. The molecule has 0 saturated carbocycles. The summed E-state index contributed by atoms with van der Waals surface area (Å²) < 4.78 is 37.7. The number of nitrogens with one attached hydrogen (secondary N) is 2. The average Bonchev–Trinajstić information content (AvgIpc) is 3.29. The molecule has 0 bridgehead atoms. The molecule has 158 valence electrons. The van der Waals surface area contributed by atoms with Crippen molar-refractivity contribution in [3.63, 3.8) is 0 Å². The van der Waals surface area contributed by atoms with E-state index in [0.717, 1.165) is 49.1 Å². The number of nitrogens with zero attached hydrogens (tertiary/aromatic N) is 4. The van der Waals surface area contributed by atoms with Gasteiger partial charge in [0.15, 0.2) is 11.7 Å². The highest BCUT2D eigenvalue weighted by atomic mass is 32.1. The van der Waals surface area contributed by atoms with Crippen molar-refractivity contribution in [3.8, 4) is 0 Å². The highest BCUT2D eigenvalue weighted by molar-refractivity contribution is 7.09. The number of likely N-dealkylation sites (tertiary alicyclic amines) is 1. The third-order valence-electron chi connectivity index (χ3n) is 4.48. The van der Waals surface area contributed by atoms with Crippen LogP contribution in [0.15, 0.2) is 10.4 Å². The van der Waals surface area contributed by atoms with E-state index in [1.54, 1.807) is 26.0 Å². The minimum absolute atomic E-state index is 0.0415. The number of thiazole rings is 1. The molecule has 0 aromatic carbocycles. The van der Waals surface area contributed by atoms with Gasteiger partial charge < -0.3 is 15.5 Å². The average molecular weight is 421 g/mol. The number of carbonyl (C=O) groups is 1. The van der Waals surface area contributed by atoms with Crippen molar-refractivity contribution in [2.45, 2.75) is 38.0 Å². The van der Waals surface area contributed by atoms with E-state index in [4.69, 9.17) is 0 Å². The van der Waals surface area contributed by atoms with Gasteiger partial charge in [0.2, 0.25) is 5.91 Å². The first kappa shape index (κ1) is 22.4. The molecule has 1 aliphatic heterocycles. The predicted octanol–water partition coefficient (Wildman–Crippen LogP) is 1.77. The van der Waals surface area contributed by atoms with E-state index in [2.05, 4.69) is 25.5 Å². The van der Waals surface area contributed by atoms with Crippen LogP contribution in [0.1, 0.15) is 30.0 Å². The van der Waals surface area contributed by atoms with E-state index in [1.165, 1.54) is 0 Å². The Hall–Kier alpha value is -1.88. The van der Waals surface area contributed by atoms with Gasteiger partial charge in [-0.3, -0.25) is 14.7 Å². The molecule has 28 heavy (non-hydrogen) atoms. The summed E-state index contributed by atoms with van der Waals surface area (Å²) in [5.41, 5.74) is -0.871. The summed E-state index contributed by atoms with van der Waals surface area (Å²) in [6.07, 6.45) is -1.68. The molecule has 1 amide bonds. The summed E-state index contributed by atoms with van der Waals surface area (Å²) in [7, 11) is 5.15. The van der Waals surface area contributed by atoms with Gasteiger partial charge in [0.05, 0.1) is 12.6 Å². The topological polar surface area (TPSA) is 72.9 Å². The van der Waals surface area contributed by atoms with Crippen molar-refractivity contribution >= 4 is 23.2 Å². The van der Waals surface area contributed by atoms with Crippen LogP contribution in [0.4, 0.5) is 13.2 Å². The predicted molar refractivity (Wildman–Crippen MR) is 103 cm³/mol. The molecular weight excluding hydrogens is 393 g/mol. The van der Waals surface area contributed by atoms with E-state index < -0.39 is 11.9 Å². The van der Waals surface area contributed by atoms with Crippen LogP contribution in [0.5, 0.6) is 0 Å². The van der Waals surface area contributed by atoms with Gasteiger partial charge in [-0.25, -0.2) is 4.98 Å². The fraction of sp³-hybridized carbons (Fsp3) is 0.706. The Bertz CT molecular complexity index is 676. The smallest absolute Gasteiger partial charge is 0.356 e. The number of hydrogen-bond donors (Lipinski definition) is 2. The molecule has 0 spiro atoms. The number of alkyl halides is 3. The largest absolute Gasteiger partial charge is 0.434 e. The maximum Gasteiger partial charge on any atom is 0.434 e. The van der Waals surface area contributed by atoms with Crippen molar-refractivity contribution in [3.05, 3.63) is 16.1 Å². The normalized spacial score (nSPS) is 18.4. The summed E-state index contributed by atoms with van der Waals surface area (Å²) in [5.74, 6) is 0.649. The second kappa shape index (κ2) is 10.1. The van der Waals surface area contributed by atoms with Crippen molar-refractivity contribution in [1.82, 2.24) is 25.4 Å². The first-order chi connectivity index (χ1) is 13.2. The van der Waals surface area contributed by atoms with Crippen LogP contribution in [0.2, 0.25) is 0 Å². The van der Waals surface area contributed by atoms with Gasteiger partial charge in [-0.15, -0.1) is 11.3 Å². The standard InChI is InChI=1S/C17H27F3N6OS/c1-21-16(23-10-14-24-13(11-28-14)17(18,19)20)22-7-5-9-26-8-4-6-12(26)15(27)25(2)3/h11-12H,4-10H2,1-3H3,(H2,21,22,23). The van der Waals surface area contributed by atoms with Crippen LogP contribution in [-0.4, -0.2) is 73.5 Å². The number of amides is 1. The minimum atomic E-state index is -4.42. The molecule has 2 rings (SSSR count). The fourth-order valence-corrected chi connectivity index (χ4v) is 3.80. The van der Waals surface area contributed by atoms with Crippen LogP contribution in [0.3, 0.4) is 0 Å². The third-order valence-corrected chi connectivity index (χ3v) is 5.33. The SMILES string of the molecule is CN=C(NCCCN1CCCC1C(=O)N(C)C)NCc1nc(C(F)(F)F)cs1. The Kier molecular flexibility index (Phi) is 8.05. The lowest BCUT2D eigenvalue weighted by Crippen LogP contribution is -2.44. The van der Waals surface area contributed by atoms with Crippen LogP contribution in [0, 0.1) is 0 Å². The molecule has 1 aromatic heterocycles. The van der Waals surface area contributed by atoms with Gasteiger partial charge in [0, 0.05) is 39.6 Å². The Morgan fingerprint density at radius 1 is 1.43 bits per heavy atom. The molecule has 7 nitrogen and oxygen atoms in total. The zero-order chi connectivity index (χ0) is 20.7. The Morgan fingerprint density at radius 2 is 2.18 bits per heavy atom. The zero-order valence-electron chi connectivity index (χ0n) is 16.3. The number of rotatable bonds is 7. The third kappa shape index (κ3) is 6.33. The Labute approximate surface area is 167 Å². The lowest BCUT2D eigenvalue weighted by molar-refractivity contribution is -0.140. The molecule has 1 aliphatic rings. The molecule has 11 heteroatoms. The summed E-state index contributed by atoms with van der Waals surface area (Å²) in [6.45, 7) is 2.54. The molecular formula is C17H27F3N6OS. The minimum Gasteiger partial charge on any atom is -0.356 e. The van der Waals surface area contributed by atoms with Gasteiger partial charge in [0.25, 0.3) is 0 Å². The number of hydrogen-bond acceptors (Lipinski definition) is 5. The Morgan fingerprint density at radius 3 is 2.79 bits per heavy atom. The van der Waals surface area contributed by atoms with E-state index in [0.29, 0.717) is 17.5 Å². The number of likely N-dealkylation sites (N-methyl/N-ethyl adjacent to an activating group) is 1. The molecule has 2 heterocycles. The van der Waals surface area contributed by atoms with Crippen LogP contribution >= 0.6 is 11.3 Å². The fourth-order valence-electron chi connectivity index (χ4n) is 3.06. The van der Waals surface area contributed by atoms with Crippen molar-refractivity contribution < 1.29 is 18.0 Å². The number of carbonyl (C=O) groups excluding carboxylic acids is 1. The maximum atomic E-state index is 12.6. The van der Waals surface area contributed by atoms with Gasteiger partial charge in [-0.1, -0.05) is 0 Å². The van der Waals surface area contributed by atoms with E-state index in [9.17, 15) is 18.0 Å². The number of guanidine groups is 1. The van der Waals surface area contributed by atoms with Crippen molar-refractivity contribution in [2.24, 2.45) is 4.99 Å². The lowest BCUT2D eigenvalue weighted by Gasteiger charge is -2.26. The highest BCUT2D eigenvalue weighted by Gasteiger charge is 2.33. The van der Waals surface area contributed by atoms with Gasteiger partial charge in [0.1, 0.15) is 5.01 Å². The summed E-state index contributed by atoms with van der Waals surface area (Å²) >= 11 is 0.960. The molecule has 1 saturated heterocycles. The molecule has 2 N–H and O–H groups in total. The Balaban J connectivity index is 1.71. The van der Waals surface area contributed by atoms with Gasteiger partial charge in [-0.05, 0) is 25.8 Å². The first-order valence-corrected chi connectivity index (χ1v) is 10.0. The summed E-state index contributed by atoms with van der Waals surface area (Å²) in [6, 6.07) is -0.0415. The van der Waals surface area contributed by atoms with E-state index in [1.807, 2.05) is 0 Å². The quantitative estimate of drug-likeness (QED) is 0.400.